The van der Waals surface area contributed by atoms with Gasteiger partial charge in [-0.2, -0.15) is 0 Å². The summed E-state index contributed by atoms with van der Waals surface area (Å²) in [5.74, 6) is 0. The molecule has 0 aromatic rings. The van der Waals surface area contributed by atoms with Crippen molar-refractivity contribution in [2.45, 2.75) is 68.8 Å². The van der Waals surface area contributed by atoms with Crippen molar-refractivity contribution < 1.29 is 57.4 Å². The minimum atomic E-state index is -5.82. The van der Waals surface area contributed by atoms with Crippen LogP contribution in [0.4, 0.5) is 0 Å². The normalized spacial score (nSPS) is 14.4. The van der Waals surface area contributed by atoms with Gasteiger partial charge in [0, 0.05) is 6.16 Å². The lowest BCUT2D eigenvalue weighted by molar-refractivity contribution is 0.293. The fourth-order valence-electron chi connectivity index (χ4n) is 2.86. The highest BCUT2D eigenvalue weighted by Gasteiger charge is 2.70. The Bertz CT molecular complexity index is 600. The number of hydrogen-bond donors (Lipinski definition) is 8. The molecule has 0 aliphatic rings. The Balaban J connectivity index is 4.35. The van der Waals surface area contributed by atoms with Crippen molar-refractivity contribution in [2.24, 2.45) is 0 Å². The highest BCUT2D eigenvalue weighted by molar-refractivity contribution is 7.88. The van der Waals surface area contributed by atoms with Crippen LogP contribution in [-0.2, 0) is 18.3 Å². The second-order valence-electron chi connectivity index (χ2n) is 6.73. The fourth-order valence-corrected chi connectivity index (χ4v) is 8.92. The lowest BCUT2D eigenvalue weighted by Crippen LogP contribution is -2.29. The molecule has 0 aliphatic heterocycles. The van der Waals surface area contributed by atoms with E-state index in [4.69, 9.17) is 9.79 Å². The van der Waals surface area contributed by atoms with Gasteiger partial charge in [0.2, 0.25) is 0 Å². The molecule has 0 saturated carbocycles. The van der Waals surface area contributed by atoms with Crippen molar-refractivity contribution >= 4 is 30.4 Å². The quantitative estimate of drug-likeness (QED) is 0.122. The Morgan fingerprint density at radius 3 is 1.04 bits per heavy atom. The summed E-state index contributed by atoms with van der Waals surface area (Å²) < 4.78 is 41.6. The molecule has 0 heterocycles. The lowest BCUT2D eigenvalue weighted by Gasteiger charge is -2.34. The van der Waals surface area contributed by atoms with E-state index in [1.165, 1.54) is 0 Å². The SMILES string of the molecule is O=P(O)(O)CCCCCCCCCCCC(P(=O)(O)O)(P(=O)(O)O)P(=O)(O)O. The third kappa shape index (κ3) is 9.17. The van der Waals surface area contributed by atoms with Crippen LogP contribution in [0.1, 0.15) is 64.2 Å². The van der Waals surface area contributed by atoms with Gasteiger partial charge in [0.1, 0.15) is 0 Å². The zero-order chi connectivity index (χ0) is 22.3. The summed E-state index contributed by atoms with van der Waals surface area (Å²) in [5.41, 5.74) is 0. The highest BCUT2D eigenvalue weighted by Crippen LogP contribution is 2.84. The first kappa shape index (κ1) is 28.6. The Hall–Kier alpha value is 0.600. The van der Waals surface area contributed by atoms with Gasteiger partial charge in [0.15, 0.2) is 0 Å². The van der Waals surface area contributed by atoms with E-state index in [1.807, 2.05) is 0 Å². The van der Waals surface area contributed by atoms with Gasteiger partial charge < -0.3 is 39.1 Å². The second kappa shape index (κ2) is 11.3. The molecule has 170 valence electrons. The molecule has 12 nitrogen and oxygen atoms in total. The van der Waals surface area contributed by atoms with Crippen molar-refractivity contribution in [3.8, 4) is 0 Å². The smallest absolute Gasteiger partial charge is 0.324 e. The van der Waals surface area contributed by atoms with Crippen molar-refractivity contribution in [1.29, 1.82) is 0 Å². The minimum Gasteiger partial charge on any atom is -0.324 e. The number of rotatable bonds is 15. The van der Waals surface area contributed by atoms with Gasteiger partial charge in [0.05, 0.1) is 0 Å². The Morgan fingerprint density at radius 2 is 0.750 bits per heavy atom. The zero-order valence-corrected chi connectivity index (χ0v) is 18.9. The Kier molecular flexibility index (Phi) is 11.5. The molecule has 16 heteroatoms. The molecule has 0 radical (unpaired) electrons. The third-order valence-corrected chi connectivity index (χ3v) is 13.4. The zero-order valence-electron chi connectivity index (χ0n) is 15.3. The van der Waals surface area contributed by atoms with Crippen molar-refractivity contribution in [2.75, 3.05) is 6.16 Å². The molecule has 0 fully saturated rings. The average molecular weight is 490 g/mol. The van der Waals surface area contributed by atoms with E-state index in [9.17, 15) is 47.6 Å². The lowest BCUT2D eigenvalue weighted by atomic mass is 10.1. The average Bonchev–Trinajstić information content (AvgIpc) is 2.43. The summed E-state index contributed by atoms with van der Waals surface area (Å²) in [6, 6.07) is 0. The first-order valence-electron chi connectivity index (χ1n) is 8.67. The van der Waals surface area contributed by atoms with Crippen LogP contribution in [0.15, 0.2) is 0 Å². The van der Waals surface area contributed by atoms with Crippen molar-refractivity contribution in [1.82, 2.24) is 0 Å². The van der Waals surface area contributed by atoms with Gasteiger partial charge in [-0.1, -0.05) is 51.4 Å². The maximum Gasteiger partial charge on any atom is 0.356 e. The molecule has 0 rings (SSSR count). The van der Waals surface area contributed by atoms with Gasteiger partial charge in [-0.15, -0.1) is 0 Å². The molecule has 0 atom stereocenters. The molecule has 28 heavy (non-hydrogen) atoms. The standard InChI is InChI=1S/C12H30O12P4/c13-25(14,15)11-9-7-5-3-1-2-4-6-8-10-12(26(16,17)18,27(19,20)21)28(22,23)24/h1-11H2,(H2,13,14,15)(H2,16,17,18)(H2,19,20,21)(H2,22,23,24). The predicted molar refractivity (Wildman–Crippen MR) is 102 cm³/mol. The molecule has 8 N–H and O–H groups in total. The largest absolute Gasteiger partial charge is 0.356 e. The summed E-state index contributed by atoms with van der Waals surface area (Å²) in [5, 5.41) is 0. The second-order valence-corrected chi connectivity index (χ2v) is 15.1. The maximum atomic E-state index is 11.6. The first-order valence-corrected chi connectivity index (χ1v) is 15.3. The van der Waals surface area contributed by atoms with E-state index in [-0.39, 0.29) is 19.0 Å². The van der Waals surface area contributed by atoms with Crippen LogP contribution < -0.4 is 0 Å². The number of unbranched alkanes of at least 4 members (excludes halogenated alkanes) is 8. The summed E-state index contributed by atoms with van der Waals surface area (Å²) in [6.45, 7) is 0. The number of hydrogen-bond acceptors (Lipinski definition) is 4. The third-order valence-electron chi connectivity index (χ3n) is 4.36. The van der Waals surface area contributed by atoms with Crippen LogP contribution in [0.25, 0.3) is 0 Å². The van der Waals surface area contributed by atoms with E-state index in [0.29, 0.717) is 25.7 Å². The first-order chi connectivity index (χ1) is 12.5. The van der Waals surface area contributed by atoms with Gasteiger partial charge in [-0.05, 0) is 12.8 Å². The van der Waals surface area contributed by atoms with Crippen molar-refractivity contribution in [3.63, 3.8) is 0 Å². The molecule has 0 bridgehead atoms. The van der Waals surface area contributed by atoms with Crippen LogP contribution in [0.2, 0.25) is 0 Å². The van der Waals surface area contributed by atoms with E-state index in [1.54, 1.807) is 0 Å². The maximum absolute atomic E-state index is 11.6. The molecular weight excluding hydrogens is 460 g/mol. The molecular formula is C12H30O12P4. The van der Waals surface area contributed by atoms with Crippen LogP contribution >= 0.6 is 30.4 Å². The predicted octanol–water partition coefficient (Wildman–Crippen LogP) is 2.25. The summed E-state index contributed by atoms with van der Waals surface area (Å²) in [6.07, 6.45) is 3.70. The topological polar surface area (TPSA) is 230 Å². The van der Waals surface area contributed by atoms with E-state index in [2.05, 4.69) is 0 Å². The minimum absolute atomic E-state index is 0.145. The highest BCUT2D eigenvalue weighted by atomic mass is 31.3. The summed E-state index contributed by atoms with van der Waals surface area (Å²) >= 11 is 0. The molecule has 0 spiro atoms. The van der Waals surface area contributed by atoms with Crippen molar-refractivity contribution in [3.05, 3.63) is 0 Å². The molecule has 0 aliphatic carbocycles. The molecule has 0 unspecified atom stereocenters. The summed E-state index contributed by atoms with van der Waals surface area (Å²) in [7, 11) is -21.4. The van der Waals surface area contributed by atoms with Gasteiger partial charge in [-0.25, -0.2) is 0 Å². The van der Waals surface area contributed by atoms with Crippen LogP contribution in [0, 0.1) is 0 Å². The van der Waals surface area contributed by atoms with Gasteiger partial charge in [-0.3, -0.25) is 18.3 Å². The van der Waals surface area contributed by atoms with Gasteiger partial charge >= 0.3 is 30.4 Å². The van der Waals surface area contributed by atoms with Crippen LogP contribution in [0.5, 0.6) is 0 Å². The molecule has 0 amide bonds. The van der Waals surface area contributed by atoms with E-state index >= 15 is 0 Å². The van der Waals surface area contributed by atoms with Crippen LogP contribution in [-0.4, -0.2) is 49.9 Å². The molecule has 0 aromatic heterocycles. The van der Waals surface area contributed by atoms with E-state index < -0.39 is 41.4 Å². The fraction of sp³-hybridized carbons (Fsp3) is 1.00. The van der Waals surface area contributed by atoms with Gasteiger partial charge in [0.25, 0.3) is 4.64 Å². The monoisotopic (exact) mass is 490 g/mol. The van der Waals surface area contributed by atoms with E-state index in [0.717, 1.165) is 19.3 Å². The Labute approximate surface area is 163 Å². The molecule has 0 aromatic carbocycles. The summed E-state index contributed by atoms with van der Waals surface area (Å²) in [4.78, 5) is 73.1. The Morgan fingerprint density at radius 1 is 0.464 bits per heavy atom. The molecule has 0 saturated heterocycles. The van der Waals surface area contributed by atoms with Crippen LogP contribution in [0.3, 0.4) is 0 Å².